The van der Waals surface area contributed by atoms with Crippen molar-refractivity contribution in [3.8, 4) is 17.4 Å². The van der Waals surface area contributed by atoms with E-state index in [1.54, 1.807) is 34.9 Å². The summed E-state index contributed by atoms with van der Waals surface area (Å²) in [6.45, 7) is 0. The Bertz CT molecular complexity index is 1460. The number of hydrogen-bond acceptors (Lipinski definition) is 5. The van der Waals surface area contributed by atoms with Crippen molar-refractivity contribution >= 4 is 17.8 Å². The first-order valence-corrected chi connectivity index (χ1v) is 10.9. The number of phenols is 2. The van der Waals surface area contributed by atoms with E-state index in [1.807, 2.05) is 66.7 Å². The molecule has 0 amide bonds. The van der Waals surface area contributed by atoms with Crippen molar-refractivity contribution in [2.45, 2.75) is 12.8 Å². The highest BCUT2D eigenvalue weighted by Gasteiger charge is 2.17. The van der Waals surface area contributed by atoms with E-state index in [-0.39, 0.29) is 17.4 Å². The molecule has 3 N–H and O–H groups in total. The Kier molecular flexibility index (Phi) is 5.70. The lowest BCUT2D eigenvalue weighted by atomic mass is 10.1. The van der Waals surface area contributed by atoms with E-state index >= 15 is 0 Å². The maximum Gasteiger partial charge on any atom is 0.219 e. The summed E-state index contributed by atoms with van der Waals surface area (Å²) in [4.78, 5) is 9.57. The predicted octanol–water partition coefficient (Wildman–Crippen LogP) is 5.20. The normalized spacial score (nSPS) is 11.4. The summed E-state index contributed by atoms with van der Waals surface area (Å²) in [6.07, 6.45) is 6.55. The standard InChI is InChI=1S/C28H23N3O3/c32-23-12-7-19(8-13-23)6-11-22-18-31-27(25(29-22)16-20-4-2-1-3-5-20)30-26(28(31)34)17-21-9-14-24(33)15-10-21/h1-15,18,32-34H,16-17H2/b11-6+. The molecule has 3 aromatic carbocycles. The lowest BCUT2D eigenvalue weighted by Gasteiger charge is -2.06. The number of hydrogen-bond donors (Lipinski definition) is 3. The topological polar surface area (TPSA) is 90.9 Å². The summed E-state index contributed by atoms with van der Waals surface area (Å²) in [5, 5.41) is 30.1. The molecule has 0 aliphatic heterocycles. The van der Waals surface area contributed by atoms with Gasteiger partial charge in [0.1, 0.15) is 17.2 Å². The van der Waals surface area contributed by atoms with Crippen LogP contribution < -0.4 is 0 Å². The van der Waals surface area contributed by atoms with E-state index < -0.39 is 0 Å². The molecule has 0 saturated heterocycles. The van der Waals surface area contributed by atoms with Gasteiger partial charge in [0, 0.05) is 19.0 Å². The zero-order chi connectivity index (χ0) is 23.5. The molecule has 2 heterocycles. The fraction of sp³-hybridized carbons (Fsp3) is 0.0714. The lowest BCUT2D eigenvalue weighted by molar-refractivity contribution is 0.442. The van der Waals surface area contributed by atoms with Crippen molar-refractivity contribution in [1.29, 1.82) is 0 Å². The molecule has 6 heteroatoms. The maximum absolute atomic E-state index is 11.0. The molecular weight excluding hydrogens is 426 g/mol. The molecule has 6 nitrogen and oxygen atoms in total. The van der Waals surface area contributed by atoms with Crippen LogP contribution in [0.15, 0.2) is 85.1 Å². The Morgan fingerprint density at radius 1 is 0.647 bits per heavy atom. The highest BCUT2D eigenvalue weighted by Crippen LogP contribution is 2.26. The van der Waals surface area contributed by atoms with E-state index in [0.717, 1.165) is 22.4 Å². The van der Waals surface area contributed by atoms with Gasteiger partial charge in [0.2, 0.25) is 5.88 Å². The second kappa shape index (κ2) is 9.11. The van der Waals surface area contributed by atoms with E-state index in [4.69, 9.17) is 9.97 Å². The molecule has 34 heavy (non-hydrogen) atoms. The van der Waals surface area contributed by atoms with Crippen LogP contribution in [0.1, 0.15) is 33.8 Å². The van der Waals surface area contributed by atoms with Crippen LogP contribution in [0.2, 0.25) is 0 Å². The van der Waals surface area contributed by atoms with Crippen molar-refractivity contribution in [1.82, 2.24) is 14.4 Å². The van der Waals surface area contributed by atoms with Crippen LogP contribution in [0, 0.1) is 0 Å². The molecule has 0 spiro atoms. The monoisotopic (exact) mass is 449 g/mol. The average Bonchev–Trinajstić information content (AvgIpc) is 3.16. The van der Waals surface area contributed by atoms with Gasteiger partial charge in [-0.25, -0.2) is 9.97 Å². The lowest BCUT2D eigenvalue weighted by Crippen LogP contribution is -2.00. The first kappa shape index (κ1) is 21.3. The molecule has 0 fully saturated rings. The third kappa shape index (κ3) is 4.61. The molecule has 0 radical (unpaired) electrons. The van der Waals surface area contributed by atoms with Crippen LogP contribution in [0.3, 0.4) is 0 Å². The summed E-state index contributed by atoms with van der Waals surface area (Å²) in [7, 11) is 0. The van der Waals surface area contributed by atoms with Crippen molar-refractivity contribution in [2.24, 2.45) is 0 Å². The Morgan fingerprint density at radius 3 is 1.97 bits per heavy atom. The van der Waals surface area contributed by atoms with Gasteiger partial charge in [-0.3, -0.25) is 4.40 Å². The first-order valence-electron chi connectivity index (χ1n) is 10.9. The molecule has 0 bridgehead atoms. The summed E-state index contributed by atoms with van der Waals surface area (Å²) < 4.78 is 1.68. The number of aromatic nitrogens is 3. The third-order valence-corrected chi connectivity index (χ3v) is 5.60. The van der Waals surface area contributed by atoms with Gasteiger partial charge in [-0.05, 0) is 47.0 Å². The van der Waals surface area contributed by atoms with E-state index in [1.165, 1.54) is 0 Å². The smallest absolute Gasteiger partial charge is 0.219 e. The van der Waals surface area contributed by atoms with Crippen LogP contribution >= 0.6 is 0 Å². The molecular formula is C28H23N3O3. The Labute approximate surface area is 196 Å². The van der Waals surface area contributed by atoms with Crippen molar-refractivity contribution in [3.05, 3.63) is 119 Å². The van der Waals surface area contributed by atoms with Gasteiger partial charge >= 0.3 is 0 Å². The molecule has 5 aromatic rings. The number of phenolic OH excluding ortho intramolecular Hbond substituents is 2. The quantitative estimate of drug-likeness (QED) is 0.332. The van der Waals surface area contributed by atoms with E-state index in [2.05, 4.69) is 0 Å². The fourth-order valence-corrected chi connectivity index (χ4v) is 3.84. The fourth-order valence-electron chi connectivity index (χ4n) is 3.84. The molecule has 5 rings (SSSR count). The molecule has 0 saturated carbocycles. The van der Waals surface area contributed by atoms with E-state index in [9.17, 15) is 15.3 Å². The van der Waals surface area contributed by atoms with Gasteiger partial charge < -0.3 is 15.3 Å². The third-order valence-electron chi connectivity index (χ3n) is 5.60. The molecule has 0 aliphatic rings. The number of nitrogens with zero attached hydrogens (tertiary/aromatic N) is 3. The predicted molar refractivity (Wildman–Crippen MR) is 132 cm³/mol. The minimum atomic E-state index is 0.0686. The Hall–Kier alpha value is -4.58. The molecule has 0 unspecified atom stereocenters. The van der Waals surface area contributed by atoms with Crippen molar-refractivity contribution < 1.29 is 15.3 Å². The van der Waals surface area contributed by atoms with Gasteiger partial charge in [-0.15, -0.1) is 0 Å². The van der Waals surface area contributed by atoms with Gasteiger partial charge in [0.05, 0.1) is 11.4 Å². The maximum atomic E-state index is 11.0. The van der Waals surface area contributed by atoms with Crippen LogP contribution in [-0.2, 0) is 12.8 Å². The summed E-state index contributed by atoms with van der Waals surface area (Å²) in [6, 6.07) is 23.8. The van der Waals surface area contributed by atoms with Gasteiger partial charge in [0.15, 0.2) is 5.65 Å². The second-order valence-electron chi connectivity index (χ2n) is 8.12. The molecule has 168 valence electrons. The van der Waals surface area contributed by atoms with Crippen LogP contribution in [0.5, 0.6) is 17.4 Å². The molecule has 2 aromatic heterocycles. The molecule has 0 aliphatic carbocycles. The largest absolute Gasteiger partial charge is 0.508 e. The van der Waals surface area contributed by atoms with Crippen LogP contribution in [0.25, 0.3) is 17.8 Å². The van der Waals surface area contributed by atoms with Crippen molar-refractivity contribution in [2.75, 3.05) is 0 Å². The molecule has 0 atom stereocenters. The SMILES string of the molecule is Oc1ccc(/C=C/c2cn3c(O)c(Cc4ccc(O)cc4)nc3c(Cc3ccccc3)n2)cc1. The summed E-state index contributed by atoms with van der Waals surface area (Å²) in [5.74, 6) is 0.479. The second-order valence-corrected chi connectivity index (χ2v) is 8.12. The van der Waals surface area contributed by atoms with Gasteiger partial charge in [0.25, 0.3) is 0 Å². The Morgan fingerprint density at radius 2 is 1.26 bits per heavy atom. The number of aromatic hydroxyl groups is 3. The van der Waals surface area contributed by atoms with E-state index in [0.29, 0.717) is 29.9 Å². The summed E-state index contributed by atoms with van der Waals surface area (Å²) >= 11 is 0. The summed E-state index contributed by atoms with van der Waals surface area (Å²) in [5.41, 5.74) is 5.54. The van der Waals surface area contributed by atoms with Gasteiger partial charge in [-0.2, -0.15) is 0 Å². The highest BCUT2D eigenvalue weighted by molar-refractivity contribution is 5.69. The Balaban J connectivity index is 1.56. The number of benzene rings is 3. The number of imidazole rings is 1. The zero-order valence-corrected chi connectivity index (χ0v) is 18.3. The number of rotatable bonds is 6. The first-order chi connectivity index (χ1) is 16.5. The van der Waals surface area contributed by atoms with Crippen LogP contribution in [0.4, 0.5) is 0 Å². The number of fused-ring (bicyclic) bond motifs is 1. The minimum Gasteiger partial charge on any atom is -0.508 e. The average molecular weight is 450 g/mol. The van der Waals surface area contributed by atoms with Crippen molar-refractivity contribution in [3.63, 3.8) is 0 Å². The van der Waals surface area contributed by atoms with Crippen LogP contribution in [-0.4, -0.2) is 29.7 Å². The minimum absolute atomic E-state index is 0.0686. The van der Waals surface area contributed by atoms with Gasteiger partial charge in [-0.1, -0.05) is 60.7 Å². The highest BCUT2D eigenvalue weighted by atomic mass is 16.3. The zero-order valence-electron chi connectivity index (χ0n) is 18.3.